The second kappa shape index (κ2) is 7.93. The van der Waals surface area contributed by atoms with Gasteiger partial charge in [0.05, 0.1) is 5.92 Å². The van der Waals surface area contributed by atoms with Crippen molar-refractivity contribution in [3.63, 3.8) is 0 Å². The van der Waals surface area contributed by atoms with Gasteiger partial charge in [-0.15, -0.1) is 0 Å². The first kappa shape index (κ1) is 16.5. The van der Waals surface area contributed by atoms with Gasteiger partial charge in [-0.2, -0.15) is 0 Å². The lowest BCUT2D eigenvalue weighted by atomic mass is 9.97. The van der Waals surface area contributed by atoms with Crippen molar-refractivity contribution in [3.8, 4) is 0 Å². The second-order valence-electron chi connectivity index (χ2n) is 6.81. The number of amides is 1. The van der Waals surface area contributed by atoms with Gasteiger partial charge in [0.1, 0.15) is 0 Å². The van der Waals surface area contributed by atoms with E-state index in [1.807, 2.05) is 37.3 Å². The maximum absolute atomic E-state index is 12.8. The molecule has 1 aromatic carbocycles. The van der Waals surface area contributed by atoms with Crippen LogP contribution in [0.3, 0.4) is 0 Å². The topological polar surface area (TPSA) is 41.6 Å². The number of carbonyl (C=O) groups is 1. The summed E-state index contributed by atoms with van der Waals surface area (Å²) in [5.74, 6) is 0.202. The quantitative estimate of drug-likeness (QED) is 0.928. The summed E-state index contributed by atoms with van der Waals surface area (Å²) in [4.78, 5) is 14.9. The molecule has 126 valence electrons. The molecule has 4 heteroatoms. The molecule has 23 heavy (non-hydrogen) atoms. The smallest absolute Gasteiger partial charge is 0.229 e. The zero-order valence-electron chi connectivity index (χ0n) is 14.0. The molecule has 0 radical (unpaired) electrons. The fourth-order valence-electron chi connectivity index (χ4n) is 3.67. The van der Waals surface area contributed by atoms with Gasteiger partial charge < -0.3 is 15.0 Å². The van der Waals surface area contributed by atoms with Crippen LogP contribution in [0.1, 0.15) is 44.1 Å². The lowest BCUT2D eigenvalue weighted by Crippen LogP contribution is -2.52. The van der Waals surface area contributed by atoms with E-state index in [9.17, 15) is 4.79 Å². The van der Waals surface area contributed by atoms with E-state index < -0.39 is 0 Å². The van der Waals surface area contributed by atoms with Gasteiger partial charge in [0.2, 0.25) is 5.91 Å². The zero-order chi connectivity index (χ0) is 16.1. The summed E-state index contributed by atoms with van der Waals surface area (Å²) in [5, 5.41) is 3.75. The third kappa shape index (κ3) is 4.33. The van der Waals surface area contributed by atoms with E-state index in [4.69, 9.17) is 4.74 Å². The Morgan fingerprint density at radius 1 is 1.17 bits per heavy atom. The molecule has 2 saturated heterocycles. The van der Waals surface area contributed by atoms with Crippen molar-refractivity contribution in [2.45, 2.75) is 50.6 Å². The van der Waals surface area contributed by atoms with Crippen LogP contribution in [-0.2, 0) is 9.53 Å². The number of piperidine rings is 1. The van der Waals surface area contributed by atoms with Gasteiger partial charge >= 0.3 is 0 Å². The van der Waals surface area contributed by atoms with E-state index in [-0.39, 0.29) is 11.8 Å². The lowest BCUT2D eigenvalue weighted by molar-refractivity contribution is -0.133. The first-order chi connectivity index (χ1) is 11.2. The van der Waals surface area contributed by atoms with Crippen LogP contribution in [0.4, 0.5) is 0 Å². The Morgan fingerprint density at radius 2 is 1.91 bits per heavy atom. The molecular formula is C19H28N2O2. The first-order valence-corrected chi connectivity index (χ1v) is 8.91. The average molecular weight is 316 g/mol. The van der Waals surface area contributed by atoms with E-state index in [0.29, 0.717) is 12.1 Å². The summed E-state index contributed by atoms with van der Waals surface area (Å²) in [6, 6.07) is 11.1. The van der Waals surface area contributed by atoms with Gasteiger partial charge in [0, 0.05) is 38.4 Å². The maximum atomic E-state index is 12.8. The number of hydrogen-bond donors (Lipinski definition) is 1. The van der Waals surface area contributed by atoms with Crippen LogP contribution in [0.15, 0.2) is 30.3 Å². The van der Waals surface area contributed by atoms with Crippen molar-refractivity contribution in [2.24, 2.45) is 0 Å². The molecule has 1 amide bonds. The number of likely N-dealkylation sites (tertiary alicyclic amines) is 1. The van der Waals surface area contributed by atoms with Crippen LogP contribution in [0, 0.1) is 0 Å². The Labute approximate surface area is 139 Å². The zero-order valence-corrected chi connectivity index (χ0v) is 14.0. The molecule has 2 fully saturated rings. The van der Waals surface area contributed by atoms with Crippen LogP contribution >= 0.6 is 0 Å². The Balaban J connectivity index is 1.56. The van der Waals surface area contributed by atoms with Crippen molar-refractivity contribution < 1.29 is 9.53 Å². The van der Waals surface area contributed by atoms with E-state index in [0.717, 1.165) is 51.1 Å². The molecule has 3 rings (SSSR count). The molecule has 1 aromatic rings. The minimum atomic E-state index is -0.0574. The predicted molar refractivity (Wildman–Crippen MR) is 91.4 cm³/mol. The third-order valence-electron chi connectivity index (χ3n) is 5.10. The monoisotopic (exact) mass is 316 g/mol. The van der Waals surface area contributed by atoms with Crippen LogP contribution in [0.5, 0.6) is 0 Å². The Kier molecular flexibility index (Phi) is 5.68. The summed E-state index contributed by atoms with van der Waals surface area (Å²) in [7, 11) is 0. The van der Waals surface area contributed by atoms with Gasteiger partial charge in [-0.25, -0.2) is 0 Å². The highest BCUT2D eigenvalue weighted by molar-refractivity contribution is 5.83. The number of rotatable bonds is 4. The molecule has 2 aliphatic rings. The van der Waals surface area contributed by atoms with Crippen molar-refractivity contribution >= 4 is 5.91 Å². The first-order valence-electron chi connectivity index (χ1n) is 8.91. The number of hydrogen-bond acceptors (Lipinski definition) is 3. The van der Waals surface area contributed by atoms with E-state index in [2.05, 4.69) is 10.2 Å². The highest BCUT2D eigenvalue weighted by Crippen LogP contribution is 2.21. The maximum Gasteiger partial charge on any atom is 0.229 e. The molecule has 0 spiro atoms. The SMILES string of the molecule is CC(C(=O)N1CCCC(NC2CCOCC2)C1)c1ccccc1. The van der Waals surface area contributed by atoms with Gasteiger partial charge in [-0.3, -0.25) is 4.79 Å². The fourth-order valence-corrected chi connectivity index (χ4v) is 3.67. The highest BCUT2D eigenvalue weighted by Gasteiger charge is 2.28. The van der Waals surface area contributed by atoms with E-state index in [1.54, 1.807) is 0 Å². The molecule has 2 atom stereocenters. The van der Waals surface area contributed by atoms with Crippen molar-refractivity contribution in [1.29, 1.82) is 0 Å². The molecule has 2 heterocycles. The summed E-state index contributed by atoms with van der Waals surface area (Å²) >= 11 is 0. The highest BCUT2D eigenvalue weighted by atomic mass is 16.5. The summed E-state index contributed by atoms with van der Waals surface area (Å²) in [6.07, 6.45) is 4.44. The Morgan fingerprint density at radius 3 is 2.65 bits per heavy atom. The second-order valence-corrected chi connectivity index (χ2v) is 6.81. The number of nitrogens with one attached hydrogen (secondary N) is 1. The largest absolute Gasteiger partial charge is 0.381 e. The van der Waals surface area contributed by atoms with Gasteiger partial charge in [0.25, 0.3) is 0 Å². The third-order valence-corrected chi connectivity index (χ3v) is 5.10. The number of nitrogens with zero attached hydrogens (tertiary/aromatic N) is 1. The molecular weight excluding hydrogens is 288 g/mol. The predicted octanol–water partition coefficient (Wildman–Crippen LogP) is 2.55. The van der Waals surface area contributed by atoms with Crippen LogP contribution in [0.2, 0.25) is 0 Å². The summed E-state index contributed by atoms with van der Waals surface area (Å²) in [5.41, 5.74) is 1.11. The standard InChI is InChI=1S/C19H28N2O2/c1-15(16-6-3-2-4-7-16)19(22)21-11-5-8-18(14-21)20-17-9-12-23-13-10-17/h2-4,6-7,15,17-18,20H,5,8-14H2,1H3. The van der Waals surface area contributed by atoms with Gasteiger partial charge in [0.15, 0.2) is 0 Å². The van der Waals surface area contributed by atoms with Crippen LogP contribution < -0.4 is 5.32 Å². The van der Waals surface area contributed by atoms with Gasteiger partial charge in [-0.05, 0) is 38.2 Å². The molecule has 0 bridgehead atoms. The molecule has 2 aliphatic heterocycles. The minimum Gasteiger partial charge on any atom is -0.381 e. The van der Waals surface area contributed by atoms with Crippen molar-refractivity contribution in [3.05, 3.63) is 35.9 Å². The Hall–Kier alpha value is -1.39. The number of ether oxygens (including phenoxy) is 1. The molecule has 0 saturated carbocycles. The Bertz CT molecular complexity index is 499. The summed E-state index contributed by atoms with van der Waals surface area (Å²) in [6.45, 7) is 5.47. The van der Waals surface area contributed by atoms with Crippen molar-refractivity contribution in [1.82, 2.24) is 10.2 Å². The minimum absolute atomic E-state index is 0.0574. The van der Waals surface area contributed by atoms with Crippen molar-refractivity contribution in [2.75, 3.05) is 26.3 Å². The van der Waals surface area contributed by atoms with E-state index >= 15 is 0 Å². The lowest BCUT2D eigenvalue weighted by Gasteiger charge is -2.37. The molecule has 0 aromatic heterocycles. The van der Waals surface area contributed by atoms with Gasteiger partial charge in [-0.1, -0.05) is 30.3 Å². The molecule has 1 N–H and O–H groups in total. The van der Waals surface area contributed by atoms with Crippen LogP contribution in [0.25, 0.3) is 0 Å². The number of benzene rings is 1. The number of carbonyl (C=O) groups excluding carboxylic acids is 1. The average Bonchev–Trinajstić information content (AvgIpc) is 2.62. The van der Waals surface area contributed by atoms with E-state index in [1.165, 1.54) is 6.42 Å². The molecule has 2 unspecified atom stereocenters. The van der Waals surface area contributed by atoms with Crippen LogP contribution in [-0.4, -0.2) is 49.2 Å². The molecule has 0 aliphatic carbocycles. The normalized spacial score (nSPS) is 24.4. The summed E-state index contributed by atoms with van der Waals surface area (Å²) < 4.78 is 5.42. The molecule has 4 nitrogen and oxygen atoms in total. The fraction of sp³-hybridized carbons (Fsp3) is 0.632.